The van der Waals surface area contributed by atoms with Crippen LogP contribution in [0, 0.1) is 13.8 Å². The van der Waals surface area contributed by atoms with Crippen LogP contribution in [-0.4, -0.2) is 25.0 Å². The zero-order chi connectivity index (χ0) is 26.9. The van der Waals surface area contributed by atoms with Crippen LogP contribution in [0.2, 0.25) is 10.0 Å². The number of nitrogens with zero attached hydrogens (tertiary/aromatic N) is 1. The van der Waals surface area contributed by atoms with Gasteiger partial charge < -0.3 is 9.47 Å². The molecule has 190 valence electrons. The Hall–Kier alpha value is -3.33. The van der Waals surface area contributed by atoms with Gasteiger partial charge in [-0.2, -0.15) is 0 Å². The van der Waals surface area contributed by atoms with Crippen LogP contribution in [0.5, 0.6) is 11.5 Å². The molecule has 1 saturated heterocycles. The molecule has 0 bridgehead atoms. The average Bonchev–Trinajstić information content (AvgIpc) is 2.84. The summed E-state index contributed by atoms with van der Waals surface area (Å²) in [6.45, 7) is 3.83. The largest absolute Gasteiger partial charge is 0.493 e. The van der Waals surface area contributed by atoms with E-state index in [1.54, 1.807) is 43.3 Å². The lowest BCUT2D eigenvalue weighted by Crippen LogP contribution is -2.54. The molecule has 7 nitrogen and oxygen atoms in total. The average molecular weight is 604 g/mol. The number of carbonyl (C=O) groups is 3. The predicted molar refractivity (Wildman–Crippen MR) is 146 cm³/mol. The van der Waals surface area contributed by atoms with Gasteiger partial charge in [-0.25, -0.2) is 9.69 Å². The second-order valence-electron chi connectivity index (χ2n) is 8.32. The molecule has 0 atom stereocenters. The van der Waals surface area contributed by atoms with Crippen molar-refractivity contribution < 1.29 is 23.9 Å². The van der Waals surface area contributed by atoms with Crippen LogP contribution in [0.3, 0.4) is 0 Å². The summed E-state index contributed by atoms with van der Waals surface area (Å²) >= 11 is 15.5. The molecule has 0 radical (unpaired) electrons. The molecule has 0 unspecified atom stereocenters. The van der Waals surface area contributed by atoms with Gasteiger partial charge in [-0.3, -0.25) is 14.9 Å². The summed E-state index contributed by atoms with van der Waals surface area (Å²) in [6, 6.07) is 13.1. The molecule has 3 aromatic rings. The SMILES string of the molecule is COc1cc(/C=C2\C(=O)NC(=O)N(c3cc(C)ccc3C)C2=O)cc(Br)c1OCc1ccc(Cl)c(Cl)c1. The fourth-order valence-corrected chi connectivity index (χ4v) is 4.65. The number of carbonyl (C=O) groups excluding carboxylic acids is 3. The number of anilines is 1. The number of barbiturate groups is 1. The minimum atomic E-state index is -0.800. The maximum atomic E-state index is 13.3. The smallest absolute Gasteiger partial charge is 0.335 e. The van der Waals surface area contributed by atoms with Crippen molar-refractivity contribution in [3.63, 3.8) is 0 Å². The molecular formula is C27H21BrCl2N2O5. The summed E-state index contributed by atoms with van der Waals surface area (Å²) in [4.78, 5) is 39.5. The highest BCUT2D eigenvalue weighted by Gasteiger charge is 2.37. The lowest BCUT2D eigenvalue weighted by Gasteiger charge is -2.27. The molecule has 0 aliphatic carbocycles. The number of benzene rings is 3. The second kappa shape index (κ2) is 11.0. The van der Waals surface area contributed by atoms with Crippen molar-refractivity contribution in [2.75, 3.05) is 12.0 Å². The third-order valence-corrected chi connectivity index (χ3v) is 6.97. The third-order valence-electron chi connectivity index (χ3n) is 5.64. The normalized spacial score (nSPS) is 14.7. The Bertz CT molecular complexity index is 1470. The first-order valence-electron chi connectivity index (χ1n) is 11.0. The second-order valence-corrected chi connectivity index (χ2v) is 9.99. The molecule has 0 saturated carbocycles. The van der Waals surface area contributed by atoms with Crippen LogP contribution in [0.4, 0.5) is 10.5 Å². The monoisotopic (exact) mass is 602 g/mol. The molecule has 0 aromatic heterocycles. The molecule has 10 heteroatoms. The molecule has 37 heavy (non-hydrogen) atoms. The van der Waals surface area contributed by atoms with E-state index in [9.17, 15) is 14.4 Å². The number of rotatable bonds is 6. The number of urea groups is 1. The number of ether oxygens (including phenoxy) is 2. The van der Waals surface area contributed by atoms with Crippen molar-refractivity contribution in [1.82, 2.24) is 5.32 Å². The van der Waals surface area contributed by atoms with Crippen molar-refractivity contribution in [3.05, 3.63) is 90.9 Å². The Morgan fingerprint density at radius 3 is 2.46 bits per heavy atom. The van der Waals surface area contributed by atoms with Gasteiger partial charge in [0.05, 0.1) is 27.3 Å². The Morgan fingerprint density at radius 1 is 1.00 bits per heavy atom. The predicted octanol–water partition coefficient (Wildman–Crippen LogP) is 6.63. The van der Waals surface area contributed by atoms with Gasteiger partial charge in [0.15, 0.2) is 11.5 Å². The molecule has 1 aliphatic rings. The molecular weight excluding hydrogens is 583 g/mol. The van der Waals surface area contributed by atoms with E-state index in [4.69, 9.17) is 32.7 Å². The number of aryl methyl sites for hydroxylation is 2. The van der Waals surface area contributed by atoms with E-state index in [-0.39, 0.29) is 12.2 Å². The van der Waals surface area contributed by atoms with Crippen molar-refractivity contribution in [2.24, 2.45) is 0 Å². The molecule has 4 rings (SSSR count). The molecule has 1 fully saturated rings. The van der Waals surface area contributed by atoms with E-state index in [1.165, 1.54) is 13.2 Å². The quantitative estimate of drug-likeness (QED) is 0.253. The summed E-state index contributed by atoms with van der Waals surface area (Å²) in [5.74, 6) is -0.723. The van der Waals surface area contributed by atoms with E-state index in [0.717, 1.165) is 21.6 Å². The number of hydrogen-bond acceptors (Lipinski definition) is 5. The highest BCUT2D eigenvalue weighted by Crippen LogP contribution is 2.38. The number of halogens is 3. The number of methoxy groups -OCH3 is 1. The van der Waals surface area contributed by atoms with Crippen LogP contribution in [0.15, 0.2) is 58.6 Å². The molecule has 4 amide bonds. The topological polar surface area (TPSA) is 84.9 Å². The molecule has 1 aliphatic heterocycles. The lowest BCUT2D eigenvalue weighted by atomic mass is 10.0. The number of imide groups is 2. The zero-order valence-corrected chi connectivity index (χ0v) is 23.1. The maximum Gasteiger partial charge on any atom is 0.335 e. The number of hydrogen-bond donors (Lipinski definition) is 1. The highest BCUT2D eigenvalue weighted by atomic mass is 79.9. The summed E-state index contributed by atoms with van der Waals surface area (Å²) < 4.78 is 12.0. The molecule has 1 heterocycles. The Labute approximate surface area is 232 Å². The number of nitrogens with one attached hydrogen (secondary N) is 1. The van der Waals surface area contributed by atoms with Crippen LogP contribution >= 0.6 is 39.1 Å². The highest BCUT2D eigenvalue weighted by molar-refractivity contribution is 9.10. The lowest BCUT2D eigenvalue weighted by molar-refractivity contribution is -0.122. The van der Waals surface area contributed by atoms with Gasteiger partial charge in [0.2, 0.25) is 0 Å². The zero-order valence-electron chi connectivity index (χ0n) is 20.0. The van der Waals surface area contributed by atoms with Crippen molar-refractivity contribution >= 4 is 68.7 Å². The minimum absolute atomic E-state index is 0.195. The van der Waals surface area contributed by atoms with Crippen LogP contribution in [0.25, 0.3) is 6.08 Å². The standard InChI is InChI=1S/C27H21BrCl2N2O5/c1-14-4-5-15(2)22(8-14)32-26(34)18(25(33)31-27(32)35)9-17-10-19(28)24(23(12-17)36-3)37-13-16-6-7-20(29)21(30)11-16/h4-12H,13H2,1-3H3,(H,31,33,35)/b18-9+. The van der Waals surface area contributed by atoms with E-state index in [0.29, 0.717) is 37.3 Å². The van der Waals surface area contributed by atoms with E-state index in [1.807, 2.05) is 19.1 Å². The van der Waals surface area contributed by atoms with E-state index < -0.39 is 17.8 Å². The van der Waals surface area contributed by atoms with Gasteiger partial charge in [-0.1, -0.05) is 41.4 Å². The molecule has 1 N–H and O–H groups in total. The van der Waals surface area contributed by atoms with Crippen LogP contribution < -0.4 is 19.7 Å². The first-order valence-corrected chi connectivity index (χ1v) is 12.6. The Kier molecular flexibility index (Phi) is 7.92. The van der Waals surface area contributed by atoms with Gasteiger partial charge >= 0.3 is 6.03 Å². The maximum absolute atomic E-state index is 13.3. The fourth-order valence-electron chi connectivity index (χ4n) is 3.75. The summed E-state index contributed by atoms with van der Waals surface area (Å²) in [7, 11) is 1.48. The van der Waals surface area contributed by atoms with Crippen molar-refractivity contribution in [3.8, 4) is 11.5 Å². The fraction of sp³-hybridized carbons (Fsp3) is 0.148. The minimum Gasteiger partial charge on any atom is -0.493 e. The van der Waals surface area contributed by atoms with Crippen molar-refractivity contribution in [1.29, 1.82) is 0 Å². The van der Waals surface area contributed by atoms with Gasteiger partial charge in [-0.15, -0.1) is 0 Å². The summed E-state index contributed by atoms with van der Waals surface area (Å²) in [5, 5.41) is 3.11. The number of amides is 4. The molecule has 3 aromatic carbocycles. The molecule has 0 spiro atoms. The van der Waals surface area contributed by atoms with E-state index in [2.05, 4.69) is 21.2 Å². The van der Waals surface area contributed by atoms with Crippen LogP contribution in [0.1, 0.15) is 22.3 Å². The Morgan fingerprint density at radius 2 is 1.76 bits per heavy atom. The van der Waals surface area contributed by atoms with Gasteiger partial charge in [0, 0.05) is 0 Å². The van der Waals surface area contributed by atoms with Crippen molar-refractivity contribution in [2.45, 2.75) is 20.5 Å². The van der Waals surface area contributed by atoms with Gasteiger partial charge in [0.1, 0.15) is 12.2 Å². The Balaban J connectivity index is 1.65. The van der Waals surface area contributed by atoms with Crippen LogP contribution in [-0.2, 0) is 16.2 Å². The third kappa shape index (κ3) is 5.66. The van der Waals surface area contributed by atoms with Gasteiger partial charge in [-0.05, 0) is 88.4 Å². The van der Waals surface area contributed by atoms with Gasteiger partial charge in [0.25, 0.3) is 11.8 Å². The van der Waals surface area contributed by atoms with E-state index >= 15 is 0 Å². The first-order chi connectivity index (χ1) is 17.6. The first kappa shape index (κ1) is 26.7. The summed E-state index contributed by atoms with van der Waals surface area (Å²) in [6.07, 6.45) is 1.40. The summed E-state index contributed by atoms with van der Waals surface area (Å²) in [5.41, 5.74) is 3.09.